The first-order valence-electron chi connectivity index (χ1n) is 6.62. The van der Waals surface area contributed by atoms with E-state index in [-0.39, 0.29) is 5.82 Å². The molecule has 5 heteroatoms. The second-order valence-electron chi connectivity index (χ2n) is 4.60. The minimum absolute atomic E-state index is 0.220. The molecule has 0 aliphatic rings. The number of benzene rings is 1. The van der Waals surface area contributed by atoms with Crippen molar-refractivity contribution >= 4 is 0 Å². The van der Waals surface area contributed by atoms with Crippen molar-refractivity contribution in [3.63, 3.8) is 0 Å². The lowest BCUT2D eigenvalue weighted by Crippen LogP contribution is -1.98. The van der Waals surface area contributed by atoms with Crippen LogP contribution in [0.1, 0.15) is 36.5 Å². The Balaban J connectivity index is 1.85. The standard InChI is InChI=1S/C14H19FN4/c15-12-7-5-11(6-8-12)10-14-17-13(18-19-14)4-2-1-3-9-16/h5-8H,1-4,9-10,16H2,(H,17,18,19). The fraction of sp³-hybridized carbons (Fsp3) is 0.429. The van der Waals surface area contributed by atoms with Gasteiger partial charge in [0.15, 0.2) is 5.82 Å². The largest absolute Gasteiger partial charge is 0.330 e. The Labute approximate surface area is 112 Å². The van der Waals surface area contributed by atoms with Crippen LogP contribution in [0.3, 0.4) is 0 Å². The molecule has 0 spiro atoms. The molecule has 0 bridgehead atoms. The molecular formula is C14H19FN4. The van der Waals surface area contributed by atoms with Crippen LogP contribution in [0.2, 0.25) is 0 Å². The van der Waals surface area contributed by atoms with E-state index in [0.29, 0.717) is 6.42 Å². The Bertz CT molecular complexity index is 492. The van der Waals surface area contributed by atoms with E-state index in [1.807, 2.05) is 0 Å². The number of aryl methyl sites for hydroxylation is 1. The Morgan fingerprint density at radius 1 is 1.11 bits per heavy atom. The molecule has 0 amide bonds. The minimum Gasteiger partial charge on any atom is -0.330 e. The first kappa shape index (κ1) is 13.7. The highest BCUT2D eigenvalue weighted by molar-refractivity contribution is 5.19. The van der Waals surface area contributed by atoms with Crippen LogP contribution in [0, 0.1) is 5.82 Å². The number of unbranched alkanes of at least 4 members (excludes halogenated alkanes) is 2. The topological polar surface area (TPSA) is 67.6 Å². The van der Waals surface area contributed by atoms with Gasteiger partial charge in [0.05, 0.1) is 0 Å². The zero-order valence-electron chi connectivity index (χ0n) is 10.9. The van der Waals surface area contributed by atoms with Crippen LogP contribution in [0.5, 0.6) is 0 Å². The fourth-order valence-electron chi connectivity index (χ4n) is 1.93. The number of H-pyrrole nitrogens is 1. The predicted molar refractivity (Wildman–Crippen MR) is 72.2 cm³/mol. The lowest BCUT2D eigenvalue weighted by Gasteiger charge is -1.97. The molecule has 102 valence electrons. The van der Waals surface area contributed by atoms with Gasteiger partial charge >= 0.3 is 0 Å². The van der Waals surface area contributed by atoms with Gasteiger partial charge in [0, 0.05) is 12.8 Å². The van der Waals surface area contributed by atoms with Crippen molar-refractivity contribution in [2.45, 2.75) is 32.1 Å². The number of nitrogens with zero attached hydrogens (tertiary/aromatic N) is 2. The Morgan fingerprint density at radius 2 is 1.89 bits per heavy atom. The van der Waals surface area contributed by atoms with Crippen LogP contribution in [0.4, 0.5) is 4.39 Å². The number of hydrogen-bond donors (Lipinski definition) is 2. The van der Waals surface area contributed by atoms with Crippen LogP contribution in [-0.4, -0.2) is 21.7 Å². The second kappa shape index (κ2) is 6.99. The molecule has 0 atom stereocenters. The lowest BCUT2D eigenvalue weighted by molar-refractivity contribution is 0.627. The summed E-state index contributed by atoms with van der Waals surface area (Å²) in [4.78, 5) is 4.43. The molecule has 0 saturated carbocycles. The Morgan fingerprint density at radius 3 is 2.63 bits per heavy atom. The van der Waals surface area contributed by atoms with E-state index in [0.717, 1.165) is 49.4 Å². The molecule has 0 unspecified atom stereocenters. The third kappa shape index (κ3) is 4.44. The first-order valence-corrected chi connectivity index (χ1v) is 6.62. The lowest BCUT2D eigenvalue weighted by atomic mass is 10.1. The summed E-state index contributed by atoms with van der Waals surface area (Å²) in [5.41, 5.74) is 6.47. The predicted octanol–water partition coefficient (Wildman–Crippen LogP) is 2.21. The summed E-state index contributed by atoms with van der Waals surface area (Å²) in [6.45, 7) is 0.740. The maximum absolute atomic E-state index is 12.8. The van der Waals surface area contributed by atoms with Crippen LogP contribution >= 0.6 is 0 Å². The molecule has 1 aromatic carbocycles. The number of nitrogens with two attached hydrogens (primary N) is 1. The van der Waals surface area contributed by atoms with Crippen molar-refractivity contribution in [2.24, 2.45) is 5.73 Å². The zero-order valence-corrected chi connectivity index (χ0v) is 10.9. The van der Waals surface area contributed by atoms with Crippen molar-refractivity contribution < 1.29 is 4.39 Å². The third-order valence-corrected chi connectivity index (χ3v) is 2.97. The molecule has 0 aliphatic heterocycles. The zero-order chi connectivity index (χ0) is 13.5. The van der Waals surface area contributed by atoms with E-state index in [4.69, 9.17) is 5.73 Å². The quantitative estimate of drug-likeness (QED) is 0.752. The number of aromatic nitrogens is 3. The molecule has 3 N–H and O–H groups in total. The molecule has 1 heterocycles. The smallest absolute Gasteiger partial charge is 0.150 e. The van der Waals surface area contributed by atoms with Crippen molar-refractivity contribution in [3.05, 3.63) is 47.3 Å². The average molecular weight is 262 g/mol. The summed E-state index contributed by atoms with van der Waals surface area (Å²) in [5.74, 6) is 1.44. The first-order chi connectivity index (χ1) is 9.28. The van der Waals surface area contributed by atoms with E-state index < -0.39 is 0 Å². The summed E-state index contributed by atoms with van der Waals surface area (Å²) in [7, 11) is 0. The summed E-state index contributed by atoms with van der Waals surface area (Å²) < 4.78 is 12.8. The van der Waals surface area contributed by atoms with Crippen LogP contribution in [0.15, 0.2) is 24.3 Å². The number of nitrogens with one attached hydrogen (secondary N) is 1. The highest BCUT2D eigenvalue weighted by Crippen LogP contribution is 2.08. The van der Waals surface area contributed by atoms with Gasteiger partial charge in [-0.3, -0.25) is 5.10 Å². The van der Waals surface area contributed by atoms with Crippen LogP contribution < -0.4 is 5.73 Å². The normalized spacial score (nSPS) is 10.8. The fourth-order valence-corrected chi connectivity index (χ4v) is 1.93. The van der Waals surface area contributed by atoms with Crippen molar-refractivity contribution in [1.82, 2.24) is 15.2 Å². The van der Waals surface area contributed by atoms with Crippen molar-refractivity contribution in [1.29, 1.82) is 0 Å². The van der Waals surface area contributed by atoms with E-state index in [1.54, 1.807) is 12.1 Å². The molecule has 2 rings (SSSR count). The number of hydrogen-bond acceptors (Lipinski definition) is 3. The molecule has 0 aliphatic carbocycles. The van der Waals surface area contributed by atoms with Crippen molar-refractivity contribution in [2.75, 3.05) is 6.54 Å². The summed E-state index contributed by atoms with van der Waals surface area (Å²) in [6, 6.07) is 6.44. The number of halogens is 1. The Hall–Kier alpha value is -1.75. The highest BCUT2D eigenvalue weighted by Gasteiger charge is 2.04. The second-order valence-corrected chi connectivity index (χ2v) is 4.60. The van der Waals surface area contributed by atoms with E-state index in [9.17, 15) is 4.39 Å². The van der Waals surface area contributed by atoms with E-state index in [1.165, 1.54) is 12.1 Å². The molecule has 0 saturated heterocycles. The number of aromatic amines is 1. The van der Waals surface area contributed by atoms with Gasteiger partial charge in [0.1, 0.15) is 11.6 Å². The maximum atomic E-state index is 12.8. The number of rotatable bonds is 7. The third-order valence-electron chi connectivity index (χ3n) is 2.97. The molecular weight excluding hydrogens is 243 g/mol. The molecule has 0 radical (unpaired) electrons. The van der Waals surface area contributed by atoms with Gasteiger partial charge in [-0.1, -0.05) is 18.6 Å². The van der Waals surface area contributed by atoms with E-state index >= 15 is 0 Å². The average Bonchev–Trinajstić information content (AvgIpc) is 2.85. The summed E-state index contributed by atoms with van der Waals surface area (Å²) in [5, 5.41) is 7.12. The van der Waals surface area contributed by atoms with Gasteiger partial charge in [0.25, 0.3) is 0 Å². The van der Waals surface area contributed by atoms with Crippen LogP contribution in [-0.2, 0) is 12.8 Å². The van der Waals surface area contributed by atoms with Gasteiger partial charge in [-0.25, -0.2) is 9.37 Å². The Kier molecular flexibility index (Phi) is 5.03. The molecule has 2 aromatic rings. The van der Waals surface area contributed by atoms with Gasteiger partial charge in [0.2, 0.25) is 0 Å². The molecule has 4 nitrogen and oxygen atoms in total. The monoisotopic (exact) mass is 262 g/mol. The molecule has 1 aromatic heterocycles. The van der Waals surface area contributed by atoms with Gasteiger partial charge in [-0.2, -0.15) is 5.10 Å². The highest BCUT2D eigenvalue weighted by atomic mass is 19.1. The van der Waals surface area contributed by atoms with Gasteiger partial charge < -0.3 is 5.73 Å². The molecule has 0 fully saturated rings. The SMILES string of the molecule is NCCCCCc1n[nH]c(Cc2ccc(F)cc2)n1. The summed E-state index contributed by atoms with van der Waals surface area (Å²) >= 11 is 0. The molecule has 19 heavy (non-hydrogen) atoms. The van der Waals surface area contributed by atoms with Crippen LogP contribution in [0.25, 0.3) is 0 Å². The van der Waals surface area contributed by atoms with Gasteiger partial charge in [-0.15, -0.1) is 0 Å². The minimum atomic E-state index is -0.220. The van der Waals surface area contributed by atoms with Crippen molar-refractivity contribution in [3.8, 4) is 0 Å². The summed E-state index contributed by atoms with van der Waals surface area (Å²) in [6.07, 6.45) is 4.74. The van der Waals surface area contributed by atoms with E-state index in [2.05, 4.69) is 15.2 Å². The van der Waals surface area contributed by atoms with Gasteiger partial charge in [-0.05, 0) is 37.1 Å². The maximum Gasteiger partial charge on any atom is 0.150 e.